The predicted molar refractivity (Wildman–Crippen MR) is 138 cm³/mol. The fourth-order valence-electron chi connectivity index (χ4n) is 3.82. The van der Waals surface area contributed by atoms with E-state index in [1.165, 1.54) is 15.9 Å². The van der Waals surface area contributed by atoms with Crippen LogP contribution in [0.4, 0.5) is 5.69 Å². The van der Waals surface area contributed by atoms with E-state index in [2.05, 4.69) is 16.9 Å². The van der Waals surface area contributed by atoms with Gasteiger partial charge >= 0.3 is 0 Å². The summed E-state index contributed by atoms with van der Waals surface area (Å²) in [7, 11) is 0. The Morgan fingerprint density at radius 1 is 1.15 bits per heavy atom. The monoisotopic (exact) mass is 487 g/mol. The number of aromatic nitrogens is 2. The van der Waals surface area contributed by atoms with Gasteiger partial charge in [0, 0.05) is 28.2 Å². The fourth-order valence-corrected chi connectivity index (χ4v) is 5.06. The molecule has 0 unspecified atom stereocenters. The maximum absolute atomic E-state index is 13.1. The minimum absolute atomic E-state index is 0.210. The lowest BCUT2D eigenvalue weighted by Gasteiger charge is -2.14. The molecule has 0 aliphatic carbocycles. The Kier molecular flexibility index (Phi) is 5.65. The van der Waals surface area contributed by atoms with E-state index < -0.39 is 11.5 Å². The molecule has 3 aromatic carbocycles. The van der Waals surface area contributed by atoms with E-state index in [4.69, 9.17) is 11.6 Å². The minimum Gasteiger partial charge on any atom is -0.506 e. The lowest BCUT2D eigenvalue weighted by Crippen LogP contribution is -2.29. The number of hydrogen-bond acceptors (Lipinski definition) is 5. The van der Waals surface area contributed by atoms with Gasteiger partial charge in [-0.15, -0.1) is 17.9 Å². The summed E-state index contributed by atoms with van der Waals surface area (Å²) in [6, 6.07) is 19.6. The molecule has 0 radical (unpaired) electrons. The Labute approximate surface area is 203 Å². The van der Waals surface area contributed by atoms with Crippen LogP contribution in [0.15, 0.2) is 84.2 Å². The Morgan fingerprint density at radius 3 is 2.68 bits per heavy atom. The Bertz CT molecular complexity index is 1640. The molecule has 5 aromatic rings. The van der Waals surface area contributed by atoms with E-state index in [0.717, 1.165) is 20.8 Å². The highest BCUT2D eigenvalue weighted by Crippen LogP contribution is 2.32. The molecule has 0 saturated heterocycles. The van der Waals surface area contributed by atoms with Crippen LogP contribution in [-0.4, -0.2) is 20.6 Å². The number of allylic oxidation sites excluding steroid dienone is 1. The predicted octanol–water partition coefficient (Wildman–Crippen LogP) is 6.08. The molecule has 168 valence electrons. The van der Waals surface area contributed by atoms with E-state index in [0.29, 0.717) is 21.6 Å². The normalized spacial score (nSPS) is 11.1. The second kappa shape index (κ2) is 8.78. The maximum Gasteiger partial charge on any atom is 0.268 e. The van der Waals surface area contributed by atoms with E-state index in [-0.39, 0.29) is 17.9 Å². The molecule has 0 bridgehead atoms. The number of thiazole rings is 1. The zero-order valence-electron chi connectivity index (χ0n) is 17.8. The highest BCUT2D eigenvalue weighted by atomic mass is 35.5. The average molecular weight is 488 g/mol. The zero-order chi connectivity index (χ0) is 23.8. The van der Waals surface area contributed by atoms with Gasteiger partial charge in [-0.2, -0.15) is 0 Å². The molecule has 0 spiro atoms. The highest BCUT2D eigenvalue weighted by molar-refractivity contribution is 7.21. The molecule has 0 aliphatic rings. The van der Waals surface area contributed by atoms with Crippen LogP contribution in [0.2, 0.25) is 5.02 Å². The van der Waals surface area contributed by atoms with Crippen molar-refractivity contribution in [1.82, 2.24) is 9.55 Å². The molecule has 5 rings (SSSR count). The largest absolute Gasteiger partial charge is 0.506 e. The lowest BCUT2D eigenvalue weighted by molar-refractivity contribution is 0.102. The third kappa shape index (κ3) is 3.85. The van der Waals surface area contributed by atoms with Crippen molar-refractivity contribution in [3.05, 3.63) is 100 Å². The molecule has 1 amide bonds. The van der Waals surface area contributed by atoms with Crippen molar-refractivity contribution in [2.45, 2.75) is 6.54 Å². The number of pyridine rings is 1. The molecule has 2 aromatic heterocycles. The summed E-state index contributed by atoms with van der Waals surface area (Å²) >= 11 is 7.59. The van der Waals surface area contributed by atoms with Crippen molar-refractivity contribution in [2.75, 3.05) is 5.32 Å². The number of amides is 1. The number of fused-ring (bicyclic) bond motifs is 2. The van der Waals surface area contributed by atoms with Crippen molar-refractivity contribution in [3.63, 3.8) is 0 Å². The molecule has 0 saturated carbocycles. The number of benzene rings is 3. The first-order valence-electron chi connectivity index (χ1n) is 10.4. The van der Waals surface area contributed by atoms with Gasteiger partial charge in [0.1, 0.15) is 16.3 Å². The smallest absolute Gasteiger partial charge is 0.268 e. The quantitative estimate of drug-likeness (QED) is 0.294. The summed E-state index contributed by atoms with van der Waals surface area (Å²) in [4.78, 5) is 30.7. The van der Waals surface area contributed by atoms with Crippen molar-refractivity contribution >= 4 is 55.7 Å². The van der Waals surface area contributed by atoms with E-state index in [1.807, 2.05) is 24.3 Å². The molecule has 0 fully saturated rings. The zero-order valence-corrected chi connectivity index (χ0v) is 19.4. The SMILES string of the molecule is C=CCn1c(=O)c(C(=O)Nc2ccc(-c3nc4ccc(Cl)cc4s3)cc2)c(O)c2ccccc21. The summed E-state index contributed by atoms with van der Waals surface area (Å²) in [6.45, 7) is 3.90. The van der Waals surface area contributed by atoms with Crippen molar-refractivity contribution in [2.24, 2.45) is 0 Å². The van der Waals surface area contributed by atoms with Crippen LogP contribution in [0.1, 0.15) is 10.4 Å². The number of anilines is 1. The number of aromatic hydroxyl groups is 1. The second-order valence-electron chi connectivity index (χ2n) is 7.61. The van der Waals surface area contributed by atoms with Crippen molar-refractivity contribution in [3.8, 4) is 16.3 Å². The number of para-hydroxylation sites is 1. The summed E-state index contributed by atoms with van der Waals surface area (Å²) in [5, 5.41) is 15.4. The number of carbonyl (C=O) groups excluding carboxylic acids is 1. The molecular weight excluding hydrogens is 470 g/mol. The van der Waals surface area contributed by atoms with Crippen LogP contribution in [-0.2, 0) is 6.54 Å². The first-order chi connectivity index (χ1) is 16.5. The third-order valence-corrected chi connectivity index (χ3v) is 6.73. The first-order valence-corrected chi connectivity index (χ1v) is 11.6. The fraction of sp³-hybridized carbons (Fsp3) is 0.0385. The first kappa shape index (κ1) is 21.9. The number of carbonyl (C=O) groups is 1. The molecule has 0 aliphatic heterocycles. The van der Waals surface area contributed by atoms with E-state index in [1.54, 1.807) is 48.5 Å². The topological polar surface area (TPSA) is 84.2 Å². The van der Waals surface area contributed by atoms with Gasteiger partial charge in [0.25, 0.3) is 11.5 Å². The second-order valence-corrected chi connectivity index (χ2v) is 9.07. The highest BCUT2D eigenvalue weighted by Gasteiger charge is 2.22. The molecule has 34 heavy (non-hydrogen) atoms. The summed E-state index contributed by atoms with van der Waals surface area (Å²) in [5.41, 5.74) is 1.87. The molecule has 6 nitrogen and oxygen atoms in total. The summed E-state index contributed by atoms with van der Waals surface area (Å²) in [5.74, 6) is -1.03. The van der Waals surface area contributed by atoms with Crippen molar-refractivity contribution in [1.29, 1.82) is 0 Å². The molecule has 0 atom stereocenters. The van der Waals surface area contributed by atoms with Crippen molar-refractivity contribution < 1.29 is 9.90 Å². The number of halogens is 1. The van der Waals surface area contributed by atoms with Crippen LogP contribution in [0, 0.1) is 0 Å². The summed E-state index contributed by atoms with van der Waals surface area (Å²) < 4.78 is 2.40. The van der Waals surface area contributed by atoms with Gasteiger partial charge in [-0.05, 0) is 54.6 Å². The van der Waals surface area contributed by atoms with Gasteiger partial charge in [0.15, 0.2) is 0 Å². The van der Waals surface area contributed by atoms with Crippen LogP contribution in [0.5, 0.6) is 5.75 Å². The minimum atomic E-state index is -0.687. The van der Waals surface area contributed by atoms with Gasteiger partial charge in [-0.1, -0.05) is 29.8 Å². The number of rotatable bonds is 5. The van der Waals surface area contributed by atoms with Gasteiger partial charge in [-0.3, -0.25) is 9.59 Å². The van der Waals surface area contributed by atoms with Gasteiger partial charge in [-0.25, -0.2) is 4.98 Å². The van der Waals surface area contributed by atoms with Crippen LogP contribution in [0.3, 0.4) is 0 Å². The van der Waals surface area contributed by atoms with Gasteiger partial charge in [0.2, 0.25) is 0 Å². The Morgan fingerprint density at radius 2 is 1.91 bits per heavy atom. The van der Waals surface area contributed by atoms with Crippen LogP contribution >= 0.6 is 22.9 Å². The van der Waals surface area contributed by atoms with Crippen LogP contribution in [0.25, 0.3) is 31.7 Å². The standard InChI is InChI=1S/C26H18ClN3O3S/c1-2-13-30-20-6-4-3-5-18(20)23(31)22(26(30)33)24(32)28-17-10-7-15(8-11-17)25-29-19-12-9-16(27)14-21(19)34-25/h2-12,14,31H,1,13H2,(H,28,32). The van der Waals surface area contributed by atoms with Crippen LogP contribution < -0.4 is 10.9 Å². The average Bonchev–Trinajstić information content (AvgIpc) is 3.25. The maximum atomic E-state index is 13.1. The number of nitrogens with zero attached hydrogens (tertiary/aromatic N) is 2. The van der Waals surface area contributed by atoms with E-state index >= 15 is 0 Å². The number of hydrogen-bond donors (Lipinski definition) is 2. The van der Waals surface area contributed by atoms with E-state index in [9.17, 15) is 14.7 Å². The van der Waals surface area contributed by atoms with Gasteiger partial charge in [0.05, 0.1) is 15.7 Å². The molecular formula is C26H18ClN3O3S. The Balaban J connectivity index is 1.46. The van der Waals surface area contributed by atoms with Gasteiger partial charge < -0.3 is 15.0 Å². The Hall–Kier alpha value is -3.94. The molecule has 8 heteroatoms. The number of nitrogens with one attached hydrogen (secondary N) is 1. The molecule has 2 N–H and O–H groups in total. The lowest BCUT2D eigenvalue weighted by atomic mass is 10.1. The summed E-state index contributed by atoms with van der Waals surface area (Å²) in [6.07, 6.45) is 1.57. The third-order valence-electron chi connectivity index (χ3n) is 5.42. The molecule has 2 heterocycles.